The van der Waals surface area contributed by atoms with Gasteiger partial charge in [-0.3, -0.25) is 4.72 Å². The summed E-state index contributed by atoms with van der Waals surface area (Å²) in [6.45, 7) is 8.11. The maximum atomic E-state index is 12.9. The van der Waals surface area contributed by atoms with Crippen molar-refractivity contribution in [2.45, 2.75) is 32.6 Å². The summed E-state index contributed by atoms with van der Waals surface area (Å²) in [6.07, 6.45) is 0. The van der Waals surface area contributed by atoms with Crippen molar-refractivity contribution in [1.82, 2.24) is 0 Å². The van der Waals surface area contributed by atoms with E-state index in [0.29, 0.717) is 23.7 Å². The van der Waals surface area contributed by atoms with Crippen molar-refractivity contribution in [3.63, 3.8) is 0 Å². The number of rotatable bonds is 7. The molecule has 0 saturated carbocycles. The standard InChI is InChI=1S/C24H27N3O4S/c1-5-31-20-10-8-19(9-11-20)25-24(28)26-22-14-17(3)18(4)15-23(22)27-32(29,30)21-12-6-16(2)7-13-21/h6-15,27H,5H2,1-4H3,(H2,25,26,28). The second kappa shape index (κ2) is 9.74. The molecule has 0 fully saturated rings. The number of nitrogens with one attached hydrogen (secondary N) is 3. The molecule has 0 radical (unpaired) electrons. The van der Waals surface area contributed by atoms with Crippen LogP contribution >= 0.6 is 0 Å². The lowest BCUT2D eigenvalue weighted by Crippen LogP contribution is -2.21. The van der Waals surface area contributed by atoms with Crippen molar-refractivity contribution in [2.24, 2.45) is 0 Å². The van der Waals surface area contributed by atoms with Crippen LogP contribution in [-0.4, -0.2) is 21.1 Å². The Morgan fingerprint density at radius 3 is 2.03 bits per heavy atom. The van der Waals surface area contributed by atoms with Gasteiger partial charge in [0.2, 0.25) is 0 Å². The van der Waals surface area contributed by atoms with Gasteiger partial charge in [0.1, 0.15) is 5.75 Å². The second-order valence-electron chi connectivity index (χ2n) is 7.44. The van der Waals surface area contributed by atoms with E-state index in [-0.39, 0.29) is 10.6 Å². The van der Waals surface area contributed by atoms with Gasteiger partial charge in [0, 0.05) is 5.69 Å². The van der Waals surface area contributed by atoms with E-state index in [9.17, 15) is 13.2 Å². The molecule has 3 aromatic rings. The van der Waals surface area contributed by atoms with Gasteiger partial charge < -0.3 is 15.4 Å². The van der Waals surface area contributed by atoms with Gasteiger partial charge >= 0.3 is 6.03 Å². The highest BCUT2D eigenvalue weighted by Crippen LogP contribution is 2.29. The van der Waals surface area contributed by atoms with Gasteiger partial charge in [0.05, 0.1) is 22.9 Å². The minimum absolute atomic E-state index is 0.145. The minimum Gasteiger partial charge on any atom is -0.494 e. The Morgan fingerprint density at radius 2 is 1.44 bits per heavy atom. The van der Waals surface area contributed by atoms with Crippen LogP contribution in [0.2, 0.25) is 0 Å². The number of sulfonamides is 1. The van der Waals surface area contributed by atoms with E-state index in [1.165, 1.54) is 0 Å². The molecule has 2 amide bonds. The highest BCUT2D eigenvalue weighted by molar-refractivity contribution is 7.92. The lowest BCUT2D eigenvalue weighted by atomic mass is 10.1. The zero-order valence-corrected chi connectivity index (χ0v) is 19.3. The van der Waals surface area contributed by atoms with Gasteiger partial charge in [-0.25, -0.2) is 13.2 Å². The molecule has 3 aromatic carbocycles. The van der Waals surface area contributed by atoms with Crippen molar-refractivity contribution >= 4 is 33.1 Å². The predicted octanol–water partition coefficient (Wildman–Crippen LogP) is 5.46. The Labute approximate surface area is 188 Å². The average molecular weight is 454 g/mol. The van der Waals surface area contributed by atoms with E-state index >= 15 is 0 Å². The highest BCUT2D eigenvalue weighted by atomic mass is 32.2. The lowest BCUT2D eigenvalue weighted by Gasteiger charge is -2.16. The maximum absolute atomic E-state index is 12.9. The third kappa shape index (κ3) is 5.79. The van der Waals surface area contributed by atoms with Crippen LogP contribution in [0.1, 0.15) is 23.6 Å². The van der Waals surface area contributed by atoms with Crippen LogP contribution in [0.4, 0.5) is 21.9 Å². The molecule has 3 N–H and O–H groups in total. The lowest BCUT2D eigenvalue weighted by molar-refractivity contribution is 0.262. The molecule has 0 unspecified atom stereocenters. The van der Waals surface area contributed by atoms with Gasteiger partial charge in [-0.05, 0) is 87.4 Å². The Kier molecular flexibility index (Phi) is 7.05. The summed E-state index contributed by atoms with van der Waals surface area (Å²) in [5.41, 5.74) is 3.99. The van der Waals surface area contributed by atoms with Gasteiger partial charge in [0.15, 0.2) is 0 Å². The molecule has 3 rings (SSSR count). The van der Waals surface area contributed by atoms with Gasteiger partial charge in [0.25, 0.3) is 10.0 Å². The van der Waals surface area contributed by atoms with Crippen LogP contribution in [0.25, 0.3) is 0 Å². The molecule has 168 valence electrons. The fourth-order valence-electron chi connectivity index (χ4n) is 3.01. The molecule has 0 aliphatic rings. The van der Waals surface area contributed by atoms with Crippen LogP contribution < -0.4 is 20.1 Å². The molecular weight excluding hydrogens is 426 g/mol. The third-order valence-corrected chi connectivity index (χ3v) is 6.26. The number of benzene rings is 3. The number of aryl methyl sites for hydroxylation is 3. The number of carbonyl (C=O) groups is 1. The summed E-state index contributed by atoms with van der Waals surface area (Å²) in [4.78, 5) is 12.7. The number of hydrogen-bond donors (Lipinski definition) is 3. The molecule has 0 bridgehead atoms. The van der Waals surface area contributed by atoms with Gasteiger partial charge in [-0.15, -0.1) is 0 Å². The molecule has 32 heavy (non-hydrogen) atoms. The number of hydrogen-bond acceptors (Lipinski definition) is 4. The Bertz CT molecular complexity index is 1210. The summed E-state index contributed by atoms with van der Waals surface area (Å²) in [5.74, 6) is 0.709. The number of anilines is 3. The molecule has 0 aromatic heterocycles. The van der Waals surface area contributed by atoms with E-state index in [4.69, 9.17) is 4.74 Å². The summed E-state index contributed by atoms with van der Waals surface area (Å²) >= 11 is 0. The van der Waals surface area contributed by atoms with E-state index < -0.39 is 16.1 Å². The van der Waals surface area contributed by atoms with Gasteiger partial charge in [-0.2, -0.15) is 0 Å². The van der Waals surface area contributed by atoms with Crippen LogP contribution in [0.3, 0.4) is 0 Å². The SMILES string of the molecule is CCOc1ccc(NC(=O)Nc2cc(C)c(C)cc2NS(=O)(=O)c2ccc(C)cc2)cc1. The number of amides is 2. The molecule has 8 heteroatoms. The highest BCUT2D eigenvalue weighted by Gasteiger charge is 2.18. The summed E-state index contributed by atoms with van der Waals surface area (Å²) < 4.78 is 33.7. The van der Waals surface area contributed by atoms with Crippen molar-refractivity contribution in [2.75, 3.05) is 22.0 Å². The fourth-order valence-corrected chi connectivity index (χ4v) is 4.08. The molecular formula is C24H27N3O4S. The Balaban J connectivity index is 1.81. The first-order valence-electron chi connectivity index (χ1n) is 10.2. The Morgan fingerprint density at radius 1 is 0.844 bits per heavy atom. The van der Waals surface area contributed by atoms with E-state index in [2.05, 4.69) is 15.4 Å². The van der Waals surface area contributed by atoms with Crippen molar-refractivity contribution in [3.05, 3.63) is 77.4 Å². The van der Waals surface area contributed by atoms with Crippen LogP contribution in [-0.2, 0) is 10.0 Å². The predicted molar refractivity (Wildman–Crippen MR) is 128 cm³/mol. The third-order valence-electron chi connectivity index (χ3n) is 4.88. The fraction of sp³-hybridized carbons (Fsp3) is 0.208. The first-order valence-corrected chi connectivity index (χ1v) is 11.7. The minimum atomic E-state index is -3.82. The van der Waals surface area contributed by atoms with Crippen molar-refractivity contribution in [3.8, 4) is 5.75 Å². The summed E-state index contributed by atoms with van der Waals surface area (Å²) in [7, 11) is -3.82. The molecule has 0 heterocycles. The molecule has 7 nitrogen and oxygen atoms in total. The van der Waals surface area contributed by atoms with Gasteiger partial charge in [-0.1, -0.05) is 17.7 Å². The largest absolute Gasteiger partial charge is 0.494 e. The molecule has 0 aliphatic heterocycles. The van der Waals surface area contributed by atoms with Crippen molar-refractivity contribution in [1.29, 1.82) is 0 Å². The average Bonchev–Trinajstić information content (AvgIpc) is 2.73. The summed E-state index contributed by atoms with van der Waals surface area (Å²) in [5, 5.41) is 5.48. The molecule has 0 saturated heterocycles. The number of ether oxygens (including phenoxy) is 1. The quantitative estimate of drug-likeness (QED) is 0.443. The van der Waals surface area contributed by atoms with E-state index in [1.807, 2.05) is 27.7 Å². The smallest absolute Gasteiger partial charge is 0.323 e. The van der Waals surface area contributed by atoms with Crippen LogP contribution in [0.15, 0.2) is 65.6 Å². The number of urea groups is 1. The van der Waals surface area contributed by atoms with E-state index in [1.54, 1.807) is 60.7 Å². The molecule has 0 aliphatic carbocycles. The first-order chi connectivity index (χ1) is 15.2. The van der Waals surface area contributed by atoms with E-state index in [0.717, 1.165) is 16.7 Å². The van der Waals surface area contributed by atoms with Crippen LogP contribution in [0.5, 0.6) is 5.75 Å². The first kappa shape index (κ1) is 23.1. The maximum Gasteiger partial charge on any atom is 0.323 e. The Hall–Kier alpha value is -3.52. The second-order valence-corrected chi connectivity index (χ2v) is 9.12. The zero-order valence-electron chi connectivity index (χ0n) is 18.5. The normalized spacial score (nSPS) is 11.0. The monoisotopic (exact) mass is 453 g/mol. The topological polar surface area (TPSA) is 96.5 Å². The number of carbonyl (C=O) groups excluding carboxylic acids is 1. The molecule has 0 spiro atoms. The summed E-state index contributed by atoms with van der Waals surface area (Å²) in [6, 6.07) is 16.5. The zero-order chi connectivity index (χ0) is 23.3. The van der Waals surface area contributed by atoms with Crippen molar-refractivity contribution < 1.29 is 17.9 Å². The molecule has 0 atom stereocenters. The van der Waals surface area contributed by atoms with Crippen LogP contribution in [0, 0.1) is 20.8 Å².